The summed E-state index contributed by atoms with van der Waals surface area (Å²) < 4.78 is 4.60. The fourth-order valence-electron chi connectivity index (χ4n) is 8.31. The Bertz CT molecular complexity index is 3160. The van der Waals surface area contributed by atoms with E-state index in [1.54, 1.807) is 0 Å². The summed E-state index contributed by atoms with van der Waals surface area (Å²) in [6, 6.07) is 70.5. The highest BCUT2D eigenvalue weighted by Gasteiger charge is 2.23. The third-order valence-electron chi connectivity index (χ3n) is 10.8. The molecule has 0 N–H and O–H groups in total. The molecule has 0 spiro atoms. The summed E-state index contributed by atoms with van der Waals surface area (Å²) in [6.45, 7) is 0. The Morgan fingerprint density at radius 1 is 0.304 bits per heavy atom. The molecule has 5 nitrogen and oxygen atoms in total. The number of hydrogen-bond acceptors (Lipinski definition) is 3. The SMILES string of the molecule is c1ccc(-c2nc(-c3ccccc3)nc(-n3c4ccccc4c4c(-c5cc6c(cc5-c5ccccc5)c5ccccc5n6-c5ccccc5)cccc43)n2)cc1. The van der Waals surface area contributed by atoms with Crippen LogP contribution in [0.2, 0.25) is 0 Å². The third-order valence-corrected chi connectivity index (χ3v) is 10.8. The molecule has 56 heavy (non-hydrogen) atoms. The Hall–Kier alpha value is -7.63. The standard InChI is InChI=1S/C51H33N5/c1-5-18-34(19-6-1)41-32-43-38-26-13-15-29-44(38)55(37-24-11-4-12-25-37)47(43)33-42(41)39-28-17-31-46-48(39)40-27-14-16-30-45(40)56(46)51-53-49(35-20-7-2-8-21-35)52-50(54-51)36-22-9-3-10-23-36/h1-33H. The number of nitrogens with zero attached hydrogens (tertiary/aromatic N) is 5. The molecule has 0 saturated heterocycles. The van der Waals surface area contributed by atoms with Crippen molar-refractivity contribution in [1.82, 2.24) is 24.1 Å². The molecule has 0 saturated carbocycles. The van der Waals surface area contributed by atoms with Crippen LogP contribution in [0.25, 0.3) is 100 Å². The maximum atomic E-state index is 5.19. The molecule has 11 aromatic rings. The maximum Gasteiger partial charge on any atom is 0.238 e. The largest absolute Gasteiger partial charge is 0.309 e. The van der Waals surface area contributed by atoms with Gasteiger partial charge in [0.1, 0.15) is 0 Å². The number of benzene rings is 8. The Morgan fingerprint density at radius 3 is 1.46 bits per heavy atom. The molecule has 0 aliphatic heterocycles. The van der Waals surface area contributed by atoms with Crippen molar-refractivity contribution in [3.05, 3.63) is 200 Å². The van der Waals surface area contributed by atoms with Gasteiger partial charge in [0.25, 0.3) is 0 Å². The van der Waals surface area contributed by atoms with E-state index in [4.69, 9.17) is 15.0 Å². The molecule has 0 aliphatic rings. The second-order valence-electron chi connectivity index (χ2n) is 14.0. The molecule has 0 atom stereocenters. The van der Waals surface area contributed by atoms with Crippen molar-refractivity contribution in [2.24, 2.45) is 0 Å². The average molecular weight is 716 g/mol. The molecule has 0 fully saturated rings. The zero-order valence-electron chi connectivity index (χ0n) is 30.3. The van der Waals surface area contributed by atoms with Crippen LogP contribution in [0.1, 0.15) is 0 Å². The molecule has 5 heteroatoms. The van der Waals surface area contributed by atoms with Gasteiger partial charge in [-0.15, -0.1) is 0 Å². The summed E-state index contributed by atoms with van der Waals surface area (Å²) in [4.78, 5) is 15.4. The summed E-state index contributed by atoms with van der Waals surface area (Å²) >= 11 is 0. The van der Waals surface area contributed by atoms with Crippen LogP contribution in [0, 0.1) is 0 Å². The monoisotopic (exact) mass is 715 g/mol. The van der Waals surface area contributed by atoms with E-state index in [1.807, 2.05) is 60.7 Å². The van der Waals surface area contributed by atoms with Crippen LogP contribution in [-0.2, 0) is 0 Å². The van der Waals surface area contributed by atoms with Crippen molar-refractivity contribution in [3.63, 3.8) is 0 Å². The summed E-state index contributed by atoms with van der Waals surface area (Å²) in [7, 11) is 0. The van der Waals surface area contributed by atoms with E-state index in [1.165, 1.54) is 27.4 Å². The van der Waals surface area contributed by atoms with Crippen LogP contribution in [0.15, 0.2) is 200 Å². The van der Waals surface area contributed by atoms with Crippen LogP contribution in [0.4, 0.5) is 0 Å². The van der Waals surface area contributed by atoms with Crippen LogP contribution < -0.4 is 0 Å². The van der Waals surface area contributed by atoms with Gasteiger partial charge in [-0.25, -0.2) is 4.98 Å². The van der Waals surface area contributed by atoms with E-state index in [-0.39, 0.29) is 0 Å². The lowest BCUT2D eigenvalue weighted by Crippen LogP contribution is -2.06. The molecular formula is C51H33N5. The molecule has 262 valence electrons. The molecule has 3 heterocycles. The summed E-state index contributed by atoms with van der Waals surface area (Å²) in [5, 5.41) is 4.71. The second-order valence-corrected chi connectivity index (χ2v) is 14.0. The average Bonchev–Trinajstić information content (AvgIpc) is 3.80. The van der Waals surface area contributed by atoms with Crippen LogP contribution >= 0.6 is 0 Å². The topological polar surface area (TPSA) is 48.5 Å². The zero-order chi connectivity index (χ0) is 37.0. The lowest BCUT2D eigenvalue weighted by atomic mass is 9.90. The van der Waals surface area contributed by atoms with Gasteiger partial charge in [-0.05, 0) is 64.7 Å². The first-order valence-corrected chi connectivity index (χ1v) is 18.9. The van der Waals surface area contributed by atoms with Crippen molar-refractivity contribution < 1.29 is 0 Å². The van der Waals surface area contributed by atoms with E-state index < -0.39 is 0 Å². The highest BCUT2D eigenvalue weighted by molar-refractivity contribution is 6.19. The Balaban J connectivity index is 1.24. The van der Waals surface area contributed by atoms with E-state index in [0.717, 1.165) is 55.3 Å². The number of hydrogen-bond donors (Lipinski definition) is 0. The van der Waals surface area contributed by atoms with Crippen LogP contribution in [0.5, 0.6) is 0 Å². The minimum absolute atomic E-state index is 0.573. The van der Waals surface area contributed by atoms with Gasteiger partial charge in [0, 0.05) is 38.4 Å². The summed E-state index contributed by atoms with van der Waals surface area (Å²) in [6.07, 6.45) is 0. The minimum Gasteiger partial charge on any atom is -0.309 e. The van der Waals surface area contributed by atoms with E-state index in [9.17, 15) is 0 Å². The van der Waals surface area contributed by atoms with Gasteiger partial charge in [0.15, 0.2) is 11.6 Å². The summed E-state index contributed by atoms with van der Waals surface area (Å²) in [5.41, 5.74) is 12.0. The Kier molecular flexibility index (Phi) is 7.42. The lowest BCUT2D eigenvalue weighted by molar-refractivity contribution is 0.953. The van der Waals surface area contributed by atoms with E-state index >= 15 is 0 Å². The predicted molar refractivity (Wildman–Crippen MR) is 230 cm³/mol. The van der Waals surface area contributed by atoms with Crippen LogP contribution in [0.3, 0.4) is 0 Å². The summed E-state index contributed by atoms with van der Waals surface area (Å²) in [5.74, 6) is 1.83. The molecule has 11 rings (SSSR count). The van der Waals surface area contributed by atoms with Gasteiger partial charge in [-0.1, -0.05) is 158 Å². The van der Waals surface area contributed by atoms with Gasteiger partial charge in [0.2, 0.25) is 5.95 Å². The molecule has 0 radical (unpaired) electrons. The first kappa shape index (κ1) is 31.9. The third kappa shape index (κ3) is 5.13. The van der Waals surface area contributed by atoms with Crippen molar-refractivity contribution in [3.8, 4) is 56.7 Å². The molecule has 0 amide bonds. The van der Waals surface area contributed by atoms with E-state index in [0.29, 0.717) is 17.6 Å². The number of aromatic nitrogens is 5. The molecule has 3 aromatic heterocycles. The minimum atomic E-state index is 0.573. The second kappa shape index (κ2) is 13.0. The molecule has 0 unspecified atom stereocenters. The molecule has 8 aromatic carbocycles. The van der Waals surface area contributed by atoms with Crippen LogP contribution in [-0.4, -0.2) is 24.1 Å². The molecular weight excluding hydrogens is 683 g/mol. The first-order chi connectivity index (χ1) is 27.8. The zero-order valence-corrected chi connectivity index (χ0v) is 30.3. The fraction of sp³-hybridized carbons (Fsp3) is 0. The number of rotatable bonds is 6. The lowest BCUT2D eigenvalue weighted by Gasteiger charge is -2.15. The van der Waals surface area contributed by atoms with Gasteiger partial charge in [0.05, 0.1) is 22.1 Å². The quantitative estimate of drug-likeness (QED) is 0.172. The maximum absolute atomic E-state index is 5.19. The Morgan fingerprint density at radius 2 is 0.821 bits per heavy atom. The molecule has 0 aliphatic carbocycles. The van der Waals surface area contributed by atoms with Gasteiger partial charge >= 0.3 is 0 Å². The smallest absolute Gasteiger partial charge is 0.238 e. The normalized spacial score (nSPS) is 11.6. The number of fused-ring (bicyclic) bond motifs is 6. The highest BCUT2D eigenvalue weighted by atomic mass is 15.2. The van der Waals surface area contributed by atoms with Gasteiger partial charge in [-0.3, -0.25) is 4.57 Å². The van der Waals surface area contributed by atoms with Gasteiger partial charge in [-0.2, -0.15) is 9.97 Å². The fourth-order valence-corrected chi connectivity index (χ4v) is 8.31. The number of para-hydroxylation sites is 3. The van der Waals surface area contributed by atoms with E-state index in [2.05, 4.69) is 149 Å². The highest BCUT2D eigenvalue weighted by Crippen LogP contribution is 2.45. The van der Waals surface area contributed by atoms with Crippen molar-refractivity contribution >= 4 is 43.6 Å². The Labute approximate surface area is 323 Å². The van der Waals surface area contributed by atoms with Crippen molar-refractivity contribution in [2.75, 3.05) is 0 Å². The van der Waals surface area contributed by atoms with Crippen molar-refractivity contribution in [2.45, 2.75) is 0 Å². The van der Waals surface area contributed by atoms with Gasteiger partial charge < -0.3 is 4.57 Å². The predicted octanol–water partition coefficient (Wildman–Crippen LogP) is 12.7. The first-order valence-electron chi connectivity index (χ1n) is 18.9. The molecule has 0 bridgehead atoms. The van der Waals surface area contributed by atoms with Crippen molar-refractivity contribution in [1.29, 1.82) is 0 Å².